The Hall–Kier alpha value is -1.47. The van der Waals surface area contributed by atoms with Gasteiger partial charge in [0.05, 0.1) is 35.0 Å². The molecule has 3 rings (SSSR count). The third kappa shape index (κ3) is 2.87. The fourth-order valence-corrected chi connectivity index (χ4v) is 3.56. The Bertz CT molecular complexity index is 864. The van der Waals surface area contributed by atoms with Gasteiger partial charge in [0.15, 0.2) is 0 Å². The molecule has 0 spiro atoms. The van der Waals surface area contributed by atoms with Gasteiger partial charge in [0.1, 0.15) is 0 Å². The second-order valence-electron chi connectivity index (χ2n) is 4.22. The smallest absolute Gasteiger partial charge is 0.275 e. The number of hydrogen-bond acceptors (Lipinski definition) is 3. The second-order valence-corrected chi connectivity index (χ2v) is 6.26. The summed E-state index contributed by atoms with van der Waals surface area (Å²) in [7, 11) is 1.68. The Morgan fingerprint density at radius 1 is 1.45 bits per heavy atom. The van der Waals surface area contributed by atoms with Crippen molar-refractivity contribution in [2.45, 2.75) is 13.8 Å². The Kier molecular flexibility index (Phi) is 5.52. The van der Waals surface area contributed by atoms with Crippen LogP contribution in [0.25, 0.3) is 28.2 Å². The number of pyridine rings is 1. The number of halogens is 1. The third-order valence-corrected chi connectivity index (χ3v) is 4.95. The molecule has 6 nitrogen and oxygen atoms in total. The molecule has 22 heavy (non-hydrogen) atoms. The molecule has 1 atom stereocenters. The average molecular weight is 429 g/mol. The summed E-state index contributed by atoms with van der Waals surface area (Å²) in [6, 6.07) is 1.89. The molecule has 0 saturated carbocycles. The van der Waals surface area contributed by atoms with Crippen LogP contribution in [0, 0.1) is 0 Å². The minimum atomic E-state index is -0.0971. The van der Waals surface area contributed by atoms with Gasteiger partial charge in [0.2, 0.25) is 0 Å². The minimum absolute atomic E-state index is 0.0971. The Labute approximate surface area is 142 Å². The first-order valence-corrected chi connectivity index (χ1v) is 10.8. The van der Waals surface area contributed by atoms with Gasteiger partial charge >= 0.3 is 0 Å². The molecule has 0 saturated heterocycles. The van der Waals surface area contributed by atoms with Crippen molar-refractivity contribution in [3.63, 3.8) is 0 Å². The fourth-order valence-electron chi connectivity index (χ4n) is 2.05. The van der Waals surface area contributed by atoms with Crippen LogP contribution in [0.4, 0.5) is 0 Å². The van der Waals surface area contributed by atoms with Gasteiger partial charge in [0, 0.05) is 18.6 Å². The minimum Gasteiger partial charge on any atom is -0.302 e. The van der Waals surface area contributed by atoms with E-state index in [2.05, 4.69) is 43.8 Å². The fraction of sp³-hybridized carbons (Fsp3) is 0.214. The molecule has 116 valence electrons. The van der Waals surface area contributed by atoms with Crippen LogP contribution in [0.3, 0.4) is 0 Å². The van der Waals surface area contributed by atoms with Crippen LogP contribution in [0.5, 0.6) is 0 Å². The Morgan fingerprint density at radius 2 is 2.18 bits per heavy atom. The SMILES string of the molecule is C=Cc1nn(PI)c2cnc(-c3c[nH]n(C)c3=O)cc12.CC. The van der Waals surface area contributed by atoms with Crippen LogP contribution in [0.15, 0.2) is 29.8 Å². The molecule has 3 aromatic heterocycles. The van der Waals surface area contributed by atoms with Crippen molar-refractivity contribution in [1.29, 1.82) is 0 Å². The standard InChI is InChI=1S/C12H11IN5OP.C2H6/c1-3-9-7-4-10(8-5-15-17(2)12(8)19)14-6-11(7)18(16-9)20-13;1-2/h3-6,15,20H,1H2,2H3;1-2H3. The highest BCUT2D eigenvalue weighted by Gasteiger charge is 2.13. The molecule has 0 aliphatic rings. The maximum Gasteiger partial charge on any atom is 0.275 e. The highest BCUT2D eigenvalue weighted by molar-refractivity contribution is 14.2. The topological polar surface area (TPSA) is 68.5 Å². The summed E-state index contributed by atoms with van der Waals surface area (Å²) in [4.78, 5) is 16.4. The van der Waals surface area contributed by atoms with Gasteiger partial charge in [-0.15, -0.1) is 0 Å². The first kappa shape index (κ1) is 16.9. The quantitative estimate of drug-likeness (QED) is 0.511. The third-order valence-electron chi connectivity index (χ3n) is 3.08. The largest absolute Gasteiger partial charge is 0.302 e. The van der Waals surface area contributed by atoms with Crippen LogP contribution >= 0.6 is 28.4 Å². The maximum atomic E-state index is 12.0. The predicted octanol–water partition coefficient (Wildman–Crippen LogP) is 3.59. The number of fused-ring (bicyclic) bond motifs is 1. The first-order chi connectivity index (χ1) is 10.7. The molecular formula is C14H17IN5OP. The van der Waals surface area contributed by atoms with Crippen molar-refractivity contribution in [3.8, 4) is 11.3 Å². The number of rotatable bonds is 3. The lowest BCUT2D eigenvalue weighted by Crippen LogP contribution is -2.13. The summed E-state index contributed by atoms with van der Waals surface area (Å²) >= 11 is 2.27. The molecule has 0 aliphatic heterocycles. The van der Waals surface area contributed by atoms with Crippen LogP contribution in [-0.4, -0.2) is 24.3 Å². The summed E-state index contributed by atoms with van der Waals surface area (Å²) in [6.45, 7) is 7.79. The number of H-pyrrole nitrogens is 1. The second kappa shape index (κ2) is 7.19. The van der Waals surface area contributed by atoms with Crippen molar-refractivity contribution in [2.24, 2.45) is 7.05 Å². The number of nitrogens with one attached hydrogen (secondary N) is 1. The van der Waals surface area contributed by atoms with E-state index >= 15 is 0 Å². The zero-order valence-corrected chi connectivity index (χ0v) is 15.7. The highest BCUT2D eigenvalue weighted by atomic mass is 127. The first-order valence-electron chi connectivity index (χ1n) is 6.78. The van der Waals surface area contributed by atoms with Gasteiger partial charge in [-0.1, -0.05) is 20.4 Å². The molecule has 0 fully saturated rings. The number of nitrogens with zero attached hydrogens (tertiary/aromatic N) is 4. The molecule has 3 heterocycles. The van der Waals surface area contributed by atoms with Gasteiger partial charge in [-0.3, -0.25) is 14.5 Å². The van der Waals surface area contributed by atoms with Gasteiger partial charge < -0.3 is 5.10 Å². The number of aryl methyl sites for hydroxylation is 1. The van der Waals surface area contributed by atoms with Gasteiger partial charge in [-0.25, -0.2) is 4.45 Å². The zero-order chi connectivity index (χ0) is 16.3. The average Bonchev–Trinajstić information content (AvgIpc) is 3.09. The van der Waals surface area contributed by atoms with E-state index in [0.29, 0.717) is 17.6 Å². The van der Waals surface area contributed by atoms with E-state index in [1.165, 1.54) is 4.68 Å². The van der Waals surface area contributed by atoms with E-state index < -0.39 is 0 Å². The summed E-state index contributed by atoms with van der Waals surface area (Å²) in [5, 5.41) is 8.27. The Morgan fingerprint density at radius 3 is 2.73 bits per heavy atom. The molecule has 8 heteroatoms. The summed E-state index contributed by atoms with van der Waals surface area (Å²) in [5.74, 6) is 0. The van der Waals surface area contributed by atoms with E-state index in [0.717, 1.165) is 16.6 Å². The van der Waals surface area contributed by atoms with E-state index in [1.54, 1.807) is 25.5 Å². The van der Waals surface area contributed by atoms with Crippen LogP contribution < -0.4 is 5.56 Å². The van der Waals surface area contributed by atoms with Gasteiger partial charge in [0.25, 0.3) is 5.56 Å². The van der Waals surface area contributed by atoms with Gasteiger partial charge in [-0.2, -0.15) is 5.10 Å². The summed E-state index contributed by atoms with van der Waals surface area (Å²) in [5.41, 5.74) is 2.84. The molecule has 0 bridgehead atoms. The van der Waals surface area contributed by atoms with Crippen LogP contribution in [0.1, 0.15) is 19.5 Å². The maximum absolute atomic E-state index is 12.0. The van der Waals surface area contributed by atoms with Crippen molar-refractivity contribution in [3.05, 3.63) is 41.1 Å². The molecule has 0 amide bonds. The van der Waals surface area contributed by atoms with Crippen molar-refractivity contribution < 1.29 is 0 Å². The van der Waals surface area contributed by atoms with Crippen LogP contribution in [0.2, 0.25) is 0 Å². The molecule has 0 radical (unpaired) electrons. The molecular weight excluding hydrogens is 412 g/mol. The number of aromatic nitrogens is 5. The summed E-state index contributed by atoms with van der Waals surface area (Å²) in [6.07, 6.45) is 5.62. The number of hydrogen-bond donors (Lipinski definition) is 1. The summed E-state index contributed by atoms with van der Waals surface area (Å²) < 4.78 is 3.31. The van der Waals surface area contributed by atoms with Crippen molar-refractivity contribution in [1.82, 2.24) is 24.3 Å². The van der Waals surface area contributed by atoms with Crippen LogP contribution in [-0.2, 0) is 7.05 Å². The highest BCUT2D eigenvalue weighted by Crippen LogP contribution is 2.31. The molecule has 0 aliphatic carbocycles. The molecule has 1 N–H and O–H groups in total. The van der Waals surface area contributed by atoms with E-state index in [9.17, 15) is 4.79 Å². The zero-order valence-electron chi connectivity index (χ0n) is 12.6. The lowest BCUT2D eigenvalue weighted by Gasteiger charge is -1.98. The monoisotopic (exact) mass is 429 g/mol. The van der Waals surface area contributed by atoms with Gasteiger partial charge in [-0.05, 0) is 34.2 Å². The lowest BCUT2D eigenvalue weighted by molar-refractivity contribution is 0.740. The Balaban J connectivity index is 0.000000847. The van der Waals surface area contributed by atoms with E-state index in [1.807, 2.05) is 24.4 Å². The predicted molar refractivity (Wildman–Crippen MR) is 102 cm³/mol. The van der Waals surface area contributed by atoms with E-state index in [-0.39, 0.29) is 5.56 Å². The molecule has 1 unspecified atom stereocenters. The molecule has 0 aromatic carbocycles. The normalized spacial score (nSPS) is 10.9. The van der Waals surface area contributed by atoms with E-state index in [4.69, 9.17) is 0 Å². The van der Waals surface area contributed by atoms with Crippen molar-refractivity contribution >= 4 is 45.4 Å². The van der Waals surface area contributed by atoms with Crippen molar-refractivity contribution in [2.75, 3.05) is 0 Å². The number of aromatic amines is 1. The molecule has 3 aromatic rings. The lowest BCUT2D eigenvalue weighted by atomic mass is 10.1.